The summed E-state index contributed by atoms with van der Waals surface area (Å²) in [5.74, 6) is 0.607. The Hall–Kier alpha value is -0.860. The zero-order valence-electron chi connectivity index (χ0n) is 11.6. The summed E-state index contributed by atoms with van der Waals surface area (Å²) in [6, 6.07) is 8.84. The highest BCUT2D eigenvalue weighted by Crippen LogP contribution is 2.37. The van der Waals surface area contributed by atoms with Crippen molar-refractivity contribution in [1.29, 1.82) is 0 Å². The van der Waals surface area contributed by atoms with Crippen LogP contribution in [0.25, 0.3) is 0 Å². The predicted octanol–water partition coefficient (Wildman–Crippen LogP) is 3.25. The van der Waals surface area contributed by atoms with Gasteiger partial charge in [0.05, 0.1) is 6.61 Å². The molecule has 1 aliphatic rings. The molecular formula is C16H25NO. The molecule has 0 aliphatic heterocycles. The van der Waals surface area contributed by atoms with Crippen molar-refractivity contribution in [2.75, 3.05) is 13.7 Å². The average molecular weight is 247 g/mol. The van der Waals surface area contributed by atoms with Crippen molar-refractivity contribution in [1.82, 2.24) is 0 Å². The maximum absolute atomic E-state index is 6.47. The van der Waals surface area contributed by atoms with Crippen LogP contribution in [-0.2, 0) is 11.2 Å². The van der Waals surface area contributed by atoms with Gasteiger partial charge in [-0.3, -0.25) is 0 Å². The number of nitrogens with two attached hydrogens (primary N) is 1. The highest BCUT2D eigenvalue weighted by atomic mass is 16.5. The third kappa shape index (κ3) is 2.93. The molecular weight excluding hydrogens is 222 g/mol. The molecule has 0 radical (unpaired) electrons. The Morgan fingerprint density at radius 1 is 1.39 bits per heavy atom. The lowest BCUT2D eigenvalue weighted by Crippen LogP contribution is -2.45. The van der Waals surface area contributed by atoms with Gasteiger partial charge in [-0.05, 0) is 49.1 Å². The van der Waals surface area contributed by atoms with Gasteiger partial charge in [0.15, 0.2) is 0 Å². The van der Waals surface area contributed by atoms with Gasteiger partial charge in [0.2, 0.25) is 0 Å². The molecule has 0 fully saturated rings. The number of benzene rings is 1. The highest BCUT2D eigenvalue weighted by molar-refractivity contribution is 5.33. The predicted molar refractivity (Wildman–Crippen MR) is 75.8 cm³/mol. The lowest BCUT2D eigenvalue weighted by molar-refractivity contribution is 0.118. The molecule has 1 aromatic rings. The van der Waals surface area contributed by atoms with Crippen molar-refractivity contribution >= 4 is 0 Å². The number of hydrogen-bond acceptors (Lipinski definition) is 2. The van der Waals surface area contributed by atoms with Crippen LogP contribution in [-0.4, -0.2) is 19.3 Å². The second-order valence-corrected chi connectivity index (χ2v) is 5.64. The molecule has 1 aromatic carbocycles. The number of hydrogen-bond donors (Lipinski definition) is 1. The number of aryl methyl sites for hydroxylation is 1. The molecule has 0 bridgehead atoms. The molecule has 2 heteroatoms. The SMILES string of the molecule is CCC(N)(COC)CC1CCCc2ccccc21. The summed E-state index contributed by atoms with van der Waals surface area (Å²) in [5.41, 5.74) is 9.33. The Morgan fingerprint density at radius 2 is 2.17 bits per heavy atom. The fraction of sp³-hybridized carbons (Fsp3) is 0.625. The minimum absolute atomic E-state index is 0.177. The molecule has 0 amide bonds. The first-order chi connectivity index (χ1) is 8.68. The molecule has 0 saturated carbocycles. The van der Waals surface area contributed by atoms with E-state index in [1.165, 1.54) is 30.4 Å². The normalized spacial score (nSPS) is 22.3. The van der Waals surface area contributed by atoms with E-state index in [-0.39, 0.29) is 5.54 Å². The summed E-state index contributed by atoms with van der Waals surface area (Å²) >= 11 is 0. The Balaban J connectivity index is 2.15. The van der Waals surface area contributed by atoms with E-state index in [0.717, 1.165) is 12.8 Å². The first-order valence-corrected chi connectivity index (χ1v) is 7.04. The minimum atomic E-state index is -0.177. The second kappa shape index (κ2) is 5.85. The first-order valence-electron chi connectivity index (χ1n) is 7.04. The Bertz CT molecular complexity index is 390. The van der Waals surface area contributed by atoms with Crippen LogP contribution in [0, 0.1) is 0 Å². The van der Waals surface area contributed by atoms with Crippen LogP contribution in [0.15, 0.2) is 24.3 Å². The Morgan fingerprint density at radius 3 is 2.89 bits per heavy atom. The molecule has 0 saturated heterocycles. The van der Waals surface area contributed by atoms with E-state index in [2.05, 4.69) is 31.2 Å². The molecule has 2 N–H and O–H groups in total. The number of ether oxygens (including phenoxy) is 1. The number of rotatable bonds is 5. The summed E-state index contributed by atoms with van der Waals surface area (Å²) in [6.07, 6.45) is 5.78. The molecule has 2 unspecified atom stereocenters. The van der Waals surface area contributed by atoms with E-state index < -0.39 is 0 Å². The van der Waals surface area contributed by atoms with Crippen LogP contribution in [0.3, 0.4) is 0 Å². The lowest BCUT2D eigenvalue weighted by Gasteiger charge is -2.34. The maximum Gasteiger partial charge on any atom is 0.0642 e. The highest BCUT2D eigenvalue weighted by Gasteiger charge is 2.30. The molecule has 0 heterocycles. The standard InChI is InChI=1S/C16H25NO/c1-3-16(17,12-18-2)11-14-9-6-8-13-7-4-5-10-15(13)14/h4-5,7,10,14H,3,6,8-9,11-12,17H2,1-2H3. The van der Waals surface area contributed by atoms with Crippen molar-refractivity contribution in [2.24, 2.45) is 5.73 Å². The van der Waals surface area contributed by atoms with Crippen molar-refractivity contribution in [3.05, 3.63) is 35.4 Å². The van der Waals surface area contributed by atoms with E-state index in [1.807, 2.05) is 0 Å². The van der Waals surface area contributed by atoms with Crippen molar-refractivity contribution < 1.29 is 4.74 Å². The van der Waals surface area contributed by atoms with E-state index in [0.29, 0.717) is 12.5 Å². The van der Waals surface area contributed by atoms with Crippen molar-refractivity contribution in [3.8, 4) is 0 Å². The number of methoxy groups -OCH3 is 1. The average Bonchev–Trinajstić information content (AvgIpc) is 2.39. The van der Waals surface area contributed by atoms with Gasteiger partial charge in [0.25, 0.3) is 0 Å². The van der Waals surface area contributed by atoms with Crippen molar-refractivity contribution in [3.63, 3.8) is 0 Å². The summed E-state index contributed by atoms with van der Waals surface area (Å²) in [5, 5.41) is 0. The molecule has 1 aliphatic carbocycles. The zero-order valence-corrected chi connectivity index (χ0v) is 11.6. The van der Waals surface area contributed by atoms with Crippen LogP contribution in [0.2, 0.25) is 0 Å². The van der Waals surface area contributed by atoms with Crippen molar-refractivity contribution in [2.45, 2.75) is 50.5 Å². The third-order valence-corrected chi connectivity index (χ3v) is 4.28. The smallest absolute Gasteiger partial charge is 0.0642 e. The van der Waals surface area contributed by atoms with Gasteiger partial charge in [-0.1, -0.05) is 31.2 Å². The lowest BCUT2D eigenvalue weighted by atomic mass is 9.75. The van der Waals surface area contributed by atoms with Crippen LogP contribution in [0.4, 0.5) is 0 Å². The van der Waals surface area contributed by atoms with Crippen LogP contribution in [0.5, 0.6) is 0 Å². The zero-order chi connectivity index (χ0) is 13.0. The minimum Gasteiger partial charge on any atom is -0.383 e. The van der Waals surface area contributed by atoms with E-state index in [1.54, 1.807) is 7.11 Å². The maximum atomic E-state index is 6.47. The van der Waals surface area contributed by atoms with Crippen LogP contribution in [0.1, 0.15) is 49.7 Å². The van der Waals surface area contributed by atoms with Gasteiger partial charge in [-0.15, -0.1) is 0 Å². The van der Waals surface area contributed by atoms with Gasteiger partial charge in [-0.2, -0.15) is 0 Å². The fourth-order valence-corrected chi connectivity index (χ4v) is 3.15. The van der Waals surface area contributed by atoms with Crippen LogP contribution >= 0.6 is 0 Å². The largest absolute Gasteiger partial charge is 0.383 e. The van der Waals surface area contributed by atoms with Gasteiger partial charge in [-0.25, -0.2) is 0 Å². The van der Waals surface area contributed by atoms with E-state index in [9.17, 15) is 0 Å². The molecule has 0 aromatic heterocycles. The summed E-state index contributed by atoms with van der Waals surface area (Å²) < 4.78 is 5.30. The summed E-state index contributed by atoms with van der Waals surface area (Å²) in [4.78, 5) is 0. The van der Waals surface area contributed by atoms with Gasteiger partial charge >= 0.3 is 0 Å². The Kier molecular flexibility index (Phi) is 4.41. The van der Waals surface area contributed by atoms with Gasteiger partial charge in [0, 0.05) is 12.6 Å². The molecule has 100 valence electrons. The Labute approximate surface area is 111 Å². The monoisotopic (exact) mass is 247 g/mol. The molecule has 2 nitrogen and oxygen atoms in total. The quantitative estimate of drug-likeness (QED) is 0.867. The second-order valence-electron chi connectivity index (χ2n) is 5.64. The van der Waals surface area contributed by atoms with Gasteiger partial charge < -0.3 is 10.5 Å². The molecule has 0 spiro atoms. The molecule has 2 atom stereocenters. The van der Waals surface area contributed by atoms with E-state index >= 15 is 0 Å². The first kappa shape index (κ1) is 13.6. The topological polar surface area (TPSA) is 35.2 Å². The fourth-order valence-electron chi connectivity index (χ4n) is 3.15. The third-order valence-electron chi connectivity index (χ3n) is 4.28. The molecule has 2 rings (SSSR count). The molecule has 18 heavy (non-hydrogen) atoms. The van der Waals surface area contributed by atoms with E-state index in [4.69, 9.17) is 10.5 Å². The summed E-state index contributed by atoms with van der Waals surface area (Å²) in [6.45, 7) is 2.82. The van der Waals surface area contributed by atoms with Crippen LogP contribution < -0.4 is 5.73 Å². The summed E-state index contributed by atoms with van der Waals surface area (Å²) in [7, 11) is 1.74. The van der Waals surface area contributed by atoms with Gasteiger partial charge in [0.1, 0.15) is 0 Å². The number of fused-ring (bicyclic) bond motifs is 1.